The molecule has 1 saturated heterocycles. The Morgan fingerprint density at radius 2 is 1.58 bits per heavy atom. The molecular weight excluding hydrogens is 432 g/mol. The van der Waals surface area contributed by atoms with E-state index in [-0.39, 0.29) is 17.0 Å². The molecule has 5 unspecified atom stereocenters. The molecule has 170 valence electrons. The molecule has 5 atom stereocenters. The fraction of sp³-hybridized carbons (Fsp3) is 0.429. The Hall–Kier alpha value is -2.27. The van der Waals surface area contributed by atoms with E-state index in [2.05, 4.69) is 0 Å². The van der Waals surface area contributed by atoms with E-state index in [1.165, 1.54) is 0 Å². The summed E-state index contributed by atoms with van der Waals surface area (Å²) < 4.78 is 10.8. The van der Waals surface area contributed by atoms with Crippen LogP contribution in [0.5, 0.6) is 23.0 Å². The summed E-state index contributed by atoms with van der Waals surface area (Å²) in [5.74, 6) is -1.50. The molecule has 3 rings (SSSR count). The molecule has 1 heterocycles. The molecule has 0 bridgehead atoms. The second kappa shape index (κ2) is 9.47. The predicted molar refractivity (Wildman–Crippen MR) is 110 cm³/mol. The third-order valence-corrected chi connectivity index (χ3v) is 5.69. The summed E-state index contributed by atoms with van der Waals surface area (Å²) in [4.78, 5) is 0. The smallest absolute Gasteiger partial charge is 0.177 e. The van der Waals surface area contributed by atoms with Crippen molar-refractivity contribution >= 4 is 11.6 Å². The summed E-state index contributed by atoms with van der Waals surface area (Å²) in [6.45, 7) is 1.66. The quantitative estimate of drug-likeness (QED) is 0.248. The fourth-order valence-corrected chi connectivity index (χ4v) is 3.84. The van der Waals surface area contributed by atoms with Gasteiger partial charge in [0.2, 0.25) is 0 Å². The summed E-state index contributed by atoms with van der Waals surface area (Å²) in [5, 5.41) is 71.1. The maximum atomic E-state index is 10.9. The molecule has 0 saturated carbocycles. The summed E-state index contributed by atoms with van der Waals surface area (Å²) in [7, 11) is 0. The summed E-state index contributed by atoms with van der Waals surface area (Å²) >= 11 is 6.16. The Balaban J connectivity index is 2.03. The van der Waals surface area contributed by atoms with Gasteiger partial charge in [0, 0.05) is 12.0 Å². The second-order valence-electron chi connectivity index (χ2n) is 7.26. The first-order valence-electron chi connectivity index (χ1n) is 9.68. The van der Waals surface area contributed by atoms with Crippen LogP contribution in [-0.2, 0) is 11.2 Å². The number of hydrogen-bond acceptors (Lipinski definition) is 9. The molecule has 10 heteroatoms. The Morgan fingerprint density at radius 3 is 2.16 bits per heavy atom. The summed E-state index contributed by atoms with van der Waals surface area (Å²) in [6, 6.07) is 6.92. The van der Waals surface area contributed by atoms with Crippen molar-refractivity contribution in [2.45, 2.75) is 43.9 Å². The number of aromatic hydroxyl groups is 3. The van der Waals surface area contributed by atoms with Crippen LogP contribution in [0.15, 0.2) is 24.3 Å². The zero-order valence-electron chi connectivity index (χ0n) is 16.6. The van der Waals surface area contributed by atoms with Crippen LogP contribution in [-0.4, -0.2) is 73.4 Å². The van der Waals surface area contributed by atoms with E-state index in [9.17, 15) is 35.7 Å². The van der Waals surface area contributed by atoms with Crippen molar-refractivity contribution < 1.29 is 45.2 Å². The average Bonchev–Trinajstić information content (AvgIpc) is 2.76. The fourth-order valence-electron chi connectivity index (χ4n) is 3.60. The molecule has 9 nitrogen and oxygen atoms in total. The molecule has 2 aromatic rings. The molecule has 1 aliphatic heterocycles. The Kier molecular flexibility index (Phi) is 7.15. The van der Waals surface area contributed by atoms with Crippen LogP contribution in [0.4, 0.5) is 0 Å². The first-order chi connectivity index (χ1) is 14.7. The molecule has 1 aliphatic rings. The van der Waals surface area contributed by atoms with Gasteiger partial charge >= 0.3 is 0 Å². The summed E-state index contributed by atoms with van der Waals surface area (Å²) in [5.41, 5.74) is 0.332. The Bertz CT molecular complexity index is 916. The lowest BCUT2D eigenvalue weighted by Crippen LogP contribution is -2.55. The molecule has 0 spiro atoms. The van der Waals surface area contributed by atoms with Gasteiger partial charge in [-0.05, 0) is 24.6 Å². The van der Waals surface area contributed by atoms with Gasteiger partial charge in [-0.15, -0.1) is 0 Å². The molecule has 2 aromatic carbocycles. The number of rotatable bonds is 6. The van der Waals surface area contributed by atoms with Crippen LogP contribution in [0.2, 0.25) is 5.02 Å². The van der Waals surface area contributed by atoms with E-state index in [0.29, 0.717) is 17.9 Å². The summed E-state index contributed by atoms with van der Waals surface area (Å²) in [6.07, 6.45) is -7.90. The topological polar surface area (TPSA) is 160 Å². The van der Waals surface area contributed by atoms with Crippen molar-refractivity contribution in [2.75, 3.05) is 13.2 Å². The third kappa shape index (κ3) is 4.38. The van der Waals surface area contributed by atoms with Crippen LogP contribution in [0.3, 0.4) is 0 Å². The zero-order valence-corrected chi connectivity index (χ0v) is 17.4. The average molecular weight is 457 g/mol. The molecule has 0 amide bonds. The zero-order chi connectivity index (χ0) is 22.9. The van der Waals surface area contributed by atoms with Crippen LogP contribution in [0.25, 0.3) is 0 Å². The standard InChI is InChI=1S/C21H25ClO9/c1-2-30-10-5-3-9(4-6-10)7-11-14(22)18(27)17(26)13(15(11)24)21-20(29)19(28)16(25)12(8-23)31-21/h3-6,12,16,19-21,23-29H,2,7-8H2,1H3. The highest BCUT2D eigenvalue weighted by molar-refractivity contribution is 6.33. The number of aliphatic hydroxyl groups is 4. The molecule has 0 aliphatic carbocycles. The minimum Gasteiger partial charge on any atom is -0.507 e. The number of aliphatic hydroxyl groups excluding tert-OH is 4. The number of hydrogen-bond donors (Lipinski definition) is 7. The van der Waals surface area contributed by atoms with Crippen molar-refractivity contribution in [2.24, 2.45) is 0 Å². The van der Waals surface area contributed by atoms with Gasteiger partial charge in [-0.2, -0.15) is 0 Å². The number of phenols is 3. The third-order valence-electron chi connectivity index (χ3n) is 5.29. The first-order valence-corrected chi connectivity index (χ1v) is 10.1. The number of benzene rings is 2. The van der Waals surface area contributed by atoms with Crippen LogP contribution >= 0.6 is 11.6 Å². The lowest BCUT2D eigenvalue weighted by atomic mass is 9.88. The predicted octanol–water partition coefficient (Wildman–Crippen LogP) is 0.961. The molecule has 7 N–H and O–H groups in total. The normalized spacial score (nSPS) is 26.1. The van der Waals surface area contributed by atoms with Crippen LogP contribution in [0.1, 0.15) is 29.7 Å². The van der Waals surface area contributed by atoms with Crippen molar-refractivity contribution in [3.05, 3.63) is 46.0 Å². The van der Waals surface area contributed by atoms with Crippen molar-refractivity contribution in [1.29, 1.82) is 0 Å². The molecular formula is C21H25ClO9. The van der Waals surface area contributed by atoms with E-state index in [0.717, 1.165) is 0 Å². The molecule has 31 heavy (non-hydrogen) atoms. The van der Waals surface area contributed by atoms with Crippen molar-refractivity contribution in [3.63, 3.8) is 0 Å². The maximum absolute atomic E-state index is 10.9. The van der Waals surface area contributed by atoms with E-state index >= 15 is 0 Å². The van der Waals surface area contributed by atoms with Crippen LogP contribution < -0.4 is 4.74 Å². The van der Waals surface area contributed by atoms with Crippen molar-refractivity contribution in [3.8, 4) is 23.0 Å². The van der Waals surface area contributed by atoms with Gasteiger partial charge in [-0.1, -0.05) is 23.7 Å². The van der Waals surface area contributed by atoms with E-state index in [1.54, 1.807) is 24.3 Å². The van der Waals surface area contributed by atoms with E-state index in [1.807, 2.05) is 6.92 Å². The van der Waals surface area contributed by atoms with E-state index in [4.69, 9.17) is 21.1 Å². The highest BCUT2D eigenvalue weighted by Crippen LogP contribution is 2.51. The van der Waals surface area contributed by atoms with E-state index < -0.39 is 59.9 Å². The molecule has 1 fully saturated rings. The lowest BCUT2D eigenvalue weighted by Gasteiger charge is -2.40. The van der Waals surface area contributed by atoms with Gasteiger partial charge in [0.15, 0.2) is 11.5 Å². The van der Waals surface area contributed by atoms with Gasteiger partial charge in [0.25, 0.3) is 0 Å². The molecule has 0 radical (unpaired) electrons. The largest absolute Gasteiger partial charge is 0.507 e. The minimum absolute atomic E-state index is 0.0492. The Morgan fingerprint density at radius 1 is 0.935 bits per heavy atom. The van der Waals surface area contributed by atoms with Crippen molar-refractivity contribution in [1.82, 2.24) is 0 Å². The van der Waals surface area contributed by atoms with Gasteiger partial charge in [0.05, 0.1) is 23.8 Å². The monoisotopic (exact) mass is 456 g/mol. The Labute approximate surface area is 183 Å². The molecule has 0 aromatic heterocycles. The highest BCUT2D eigenvalue weighted by atomic mass is 35.5. The van der Waals surface area contributed by atoms with Gasteiger partial charge in [-0.25, -0.2) is 0 Å². The SMILES string of the molecule is CCOc1ccc(Cc2c(O)c(C3OC(CO)C(O)C(O)C3O)c(O)c(O)c2Cl)cc1. The number of halogens is 1. The number of ether oxygens (including phenoxy) is 2. The highest BCUT2D eigenvalue weighted by Gasteiger charge is 2.46. The van der Waals surface area contributed by atoms with Gasteiger partial charge in [0.1, 0.15) is 42.0 Å². The van der Waals surface area contributed by atoms with Crippen LogP contribution in [0, 0.1) is 0 Å². The van der Waals surface area contributed by atoms with Gasteiger partial charge in [-0.3, -0.25) is 0 Å². The first kappa shape index (κ1) is 23.4. The number of phenolic OH excluding ortho intramolecular Hbond substituents is 3. The van der Waals surface area contributed by atoms with Gasteiger partial charge < -0.3 is 45.2 Å². The lowest BCUT2D eigenvalue weighted by molar-refractivity contribution is -0.232. The minimum atomic E-state index is -1.77. The maximum Gasteiger partial charge on any atom is 0.177 e. The second-order valence-corrected chi connectivity index (χ2v) is 7.63.